The maximum atomic E-state index is 13.6. The smallest absolute Gasteiger partial charge is 0.259 e. The van der Waals surface area contributed by atoms with Crippen LogP contribution in [0.15, 0.2) is 61.1 Å². The molecule has 0 radical (unpaired) electrons. The monoisotopic (exact) mass is 492 g/mol. The predicted molar refractivity (Wildman–Crippen MR) is 132 cm³/mol. The number of likely N-dealkylation sites (N-methyl/N-ethyl adjacent to an activating group) is 1. The number of nitrogens with zero attached hydrogens (tertiary/aromatic N) is 4. The van der Waals surface area contributed by atoms with E-state index in [2.05, 4.69) is 9.97 Å². The van der Waals surface area contributed by atoms with Gasteiger partial charge in [-0.05, 0) is 42.8 Å². The summed E-state index contributed by atoms with van der Waals surface area (Å²) in [6, 6.07) is 10.5. The largest absolute Gasteiger partial charge is 0.472 e. The summed E-state index contributed by atoms with van der Waals surface area (Å²) in [5, 5.41) is 9.84. The number of hydrogen-bond donors (Lipinski definition) is 1. The molecule has 0 aliphatic carbocycles. The zero-order chi connectivity index (χ0) is 25.8. The molecule has 0 bridgehead atoms. The lowest BCUT2D eigenvalue weighted by Gasteiger charge is -2.37. The Balaban J connectivity index is 1.68. The summed E-state index contributed by atoms with van der Waals surface area (Å²) in [7, 11) is 1.70. The predicted octanol–water partition coefficient (Wildman–Crippen LogP) is 3.28. The third-order valence-electron chi connectivity index (χ3n) is 6.43. The van der Waals surface area contributed by atoms with Gasteiger partial charge in [0.2, 0.25) is 5.88 Å². The summed E-state index contributed by atoms with van der Waals surface area (Å²) in [4.78, 5) is 38.1. The van der Waals surface area contributed by atoms with Crippen LogP contribution in [0.5, 0.6) is 5.88 Å². The minimum absolute atomic E-state index is 0.155. The Morgan fingerprint density at radius 3 is 2.58 bits per heavy atom. The number of ether oxygens (including phenoxy) is 1. The molecule has 0 fully saturated rings. The number of rotatable bonds is 6. The molecule has 8 nitrogen and oxygen atoms in total. The second-order valence-electron chi connectivity index (χ2n) is 9.13. The van der Waals surface area contributed by atoms with Gasteiger partial charge in [-0.3, -0.25) is 14.6 Å². The summed E-state index contributed by atoms with van der Waals surface area (Å²) >= 11 is 0. The molecule has 3 aromatic rings. The Bertz CT molecular complexity index is 1220. The molecule has 1 N–H and O–H groups in total. The average molecular weight is 493 g/mol. The van der Waals surface area contributed by atoms with Gasteiger partial charge in [0.15, 0.2) is 0 Å². The van der Waals surface area contributed by atoms with Crippen LogP contribution < -0.4 is 4.74 Å². The van der Waals surface area contributed by atoms with E-state index in [4.69, 9.17) is 4.74 Å². The van der Waals surface area contributed by atoms with Crippen molar-refractivity contribution in [3.8, 4) is 17.0 Å². The summed E-state index contributed by atoms with van der Waals surface area (Å²) in [5.41, 5.74) is 2.10. The highest BCUT2D eigenvalue weighted by atomic mass is 19.1. The second-order valence-corrected chi connectivity index (χ2v) is 9.13. The van der Waals surface area contributed by atoms with Gasteiger partial charge in [-0.2, -0.15) is 0 Å². The van der Waals surface area contributed by atoms with E-state index in [0.717, 1.165) is 0 Å². The lowest BCUT2D eigenvalue weighted by molar-refractivity contribution is 0.0313. The average Bonchev–Trinajstić information content (AvgIpc) is 2.90. The van der Waals surface area contributed by atoms with Crippen molar-refractivity contribution in [1.29, 1.82) is 0 Å². The fraction of sp³-hybridized carbons (Fsp3) is 0.333. The Hall–Kier alpha value is -3.85. The summed E-state index contributed by atoms with van der Waals surface area (Å²) in [5.74, 6) is -0.853. The fourth-order valence-corrected chi connectivity index (χ4v) is 4.19. The van der Waals surface area contributed by atoms with Gasteiger partial charge < -0.3 is 19.6 Å². The van der Waals surface area contributed by atoms with E-state index >= 15 is 0 Å². The number of aliphatic hydroxyl groups excluding tert-OH is 1. The topological polar surface area (TPSA) is 95.9 Å². The zero-order valence-electron chi connectivity index (χ0n) is 20.5. The van der Waals surface area contributed by atoms with E-state index in [-0.39, 0.29) is 48.1 Å². The van der Waals surface area contributed by atoms with Crippen LogP contribution in [0.3, 0.4) is 0 Å². The highest BCUT2D eigenvalue weighted by Gasteiger charge is 2.35. The third kappa shape index (κ3) is 5.36. The third-order valence-corrected chi connectivity index (χ3v) is 6.43. The van der Waals surface area contributed by atoms with Crippen molar-refractivity contribution in [1.82, 2.24) is 19.8 Å². The number of amides is 2. The quantitative estimate of drug-likeness (QED) is 0.568. The molecule has 36 heavy (non-hydrogen) atoms. The second kappa shape index (κ2) is 10.8. The van der Waals surface area contributed by atoms with Crippen LogP contribution in [0.1, 0.15) is 34.6 Å². The zero-order valence-corrected chi connectivity index (χ0v) is 20.5. The van der Waals surface area contributed by atoms with E-state index in [0.29, 0.717) is 23.2 Å². The van der Waals surface area contributed by atoms with Crippen LogP contribution in [0, 0.1) is 11.7 Å². The number of halogens is 1. The first-order valence-electron chi connectivity index (χ1n) is 11.8. The van der Waals surface area contributed by atoms with E-state index in [1.165, 1.54) is 12.1 Å². The minimum Gasteiger partial charge on any atom is -0.472 e. The molecular weight excluding hydrogens is 463 g/mol. The van der Waals surface area contributed by atoms with E-state index < -0.39 is 12.1 Å². The van der Waals surface area contributed by atoms with Crippen molar-refractivity contribution in [2.75, 3.05) is 26.7 Å². The Morgan fingerprint density at radius 2 is 1.92 bits per heavy atom. The molecule has 1 aromatic carbocycles. The number of fused-ring (bicyclic) bond motifs is 1. The molecule has 4 rings (SSSR count). The SMILES string of the molecule is C[C@@H]1CN([C@H](C)CO)C(=O)c2cc(-c3ccc(F)cc3)cnc2O[C@H]1CN(C)C(=O)c1ccncc1. The molecule has 3 heterocycles. The molecule has 0 saturated carbocycles. The number of aromatic nitrogens is 2. The van der Waals surface area contributed by atoms with Crippen LogP contribution >= 0.6 is 0 Å². The standard InChI is InChI=1S/C27H29FN4O4/c1-17-14-32(18(2)16-33)27(35)23-12-21(19-4-6-22(28)7-5-19)13-30-25(23)36-24(17)15-31(3)26(34)20-8-10-29-11-9-20/h4-13,17-18,24,33H,14-16H2,1-3H3/t17-,18-,24+/m1/s1. The Morgan fingerprint density at radius 1 is 1.22 bits per heavy atom. The molecule has 0 saturated heterocycles. The highest BCUT2D eigenvalue weighted by Crippen LogP contribution is 2.30. The first-order chi connectivity index (χ1) is 17.3. The normalized spacial score (nSPS) is 18.5. The number of carbonyl (C=O) groups is 2. The van der Waals surface area contributed by atoms with Crippen molar-refractivity contribution < 1.29 is 23.8 Å². The molecule has 3 atom stereocenters. The molecular formula is C27H29FN4O4. The van der Waals surface area contributed by atoms with Gasteiger partial charge in [-0.25, -0.2) is 9.37 Å². The van der Waals surface area contributed by atoms with Crippen LogP contribution in [0.25, 0.3) is 11.1 Å². The molecule has 2 aromatic heterocycles. The maximum Gasteiger partial charge on any atom is 0.259 e. The van der Waals surface area contributed by atoms with Crippen molar-refractivity contribution >= 4 is 11.8 Å². The maximum absolute atomic E-state index is 13.6. The molecule has 0 spiro atoms. The van der Waals surface area contributed by atoms with Gasteiger partial charge in [0.05, 0.1) is 19.2 Å². The molecule has 188 valence electrons. The van der Waals surface area contributed by atoms with Gasteiger partial charge >= 0.3 is 0 Å². The van der Waals surface area contributed by atoms with Crippen molar-refractivity contribution in [3.05, 3.63) is 78.0 Å². The van der Waals surface area contributed by atoms with E-state index in [9.17, 15) is 19.1 Å². The van der Waals surface area contributed by atoms with Gasteiger partial charge in [0.1, 0.15) is 17.5 Å². The van der Waals surface area contributed by atoms with Crippen molar-refractivity contribution in [2.24, 2.45) is 5.92 Å². The highest BCUT2D eigenvalue weighted by molar-refractivity contribution is 5.98. The number of carbonyl (C=O) groups excluding carboxylic acids is 2. The fourth-order valence-electron chi connectivity index (χ4n) is 4.19. The minimum atomic E-state index is -0.467. The molecule has 9 heteroatoms. The summed E-state index contributed by atoms with van der Waals surface area (Å²) < 4.78 is 19.7. The summed E-state index contributed by atoms with van der Waals surface area (Å²) in [6.07, 6.45) is 4.24. The number of aliphatic hydroxyl groups is 1. The van der Waals surface area contributed by atoms with Crippen LogP contribution in [0.4, 0.5) is 4.39 Å². The van der Waals surface area contributed by atoms with Crippen LogP contribution in [-0.2, 0) is 0 Å². The van der Waals surface area contributed by atoms with Gasteiger partial charge in [0, 0.05) is 49.2 Å². The lowest BCUT2D eigenvalue weighted by atomic mass is 9.99. The van der Waals surface area contributed by atoms with Gasteiger partial charge in [0.25, 0.3) is 11.8 Å². The number of pyridine rings is 2. The van der Waals surface area contributed by atoms with E-state index in [1.54, 1.807) is 72.7 Å². The molecule has 0 unspecified atom stereocenters. The first kappa shape index (κ1) is 25.2. The van der Waals surface area contributed by atoms with Crippen LogP contribution in [-0.4, -0.2) is 75.6 Å². The van der Waals surface area contributed by atoms with Gasteiger partial charge in [-0.1, -0.05) is 19.1 Å². The summed E-state index contributed by atoms with van der Waals surface area (Å²) in [6.45, 7) is 4.10. The number of benzene rings is 1. The van der Waals surface area contributed by atoms with Gasteiger partial charge in [-0.15, -0.1) is 0 Å². The van der Waals surface area contributed by atoms with E-state index in [1.807, 2.05) is 6.92 Å². The van der Waals surface area contributed by atoms with Crippen molar-refractivity contribution in [2.45, 2.75) is 26.0 Å². The number of hydrogen-bond acceptors (Lipinski definition) is 6. The molecule has 1 aliphatic rings. The Labute approximate surface area is 209 Å². The lowest BCUT2D eigenvalue weighted by Crippen LogP contribution is -2.50. The van der Waals surface area contributed by atoms with Crippen LogP contribution in [0.2, 0.25) is 0 Å². The molecule has 2 amide bonds. The Kier molecular flexibility index (Phi) is 7.59. The molecule has 1 aliphatic heterocycles. The first-order valence-corrected chi connectivity index (χ1v) is 11.8. The van der Waals surface area contributed by atoms with Crippen molar-refractivity contribution in [3.63, 3.8) is 0 Å².